The van der Waals surface area contributed by atoms with Gasteiger partial charge in [-0.3, -0.25) is 4.79 Å². The van der Waals surface area contributed by atoms with Crippen molar-refractivity contribution in [2.45, 2.75) is 31.7 Å². The van der Waals surface area contributed by atoms with Crippen LogP contribution in [0.15, 0.2) is 23.0 Å². The van der Waals surface area contributed by atoms with Gasteiger partial charge < -0.3 is 15.3 Å². The first-order valence-corrected chi connectivity index (χ1v) is 6.26. The lowest BCUT2D eigenvalue weighted by Crippen LogP contribution is -2.32. The zero-order valence-electron chi connectivity index (χ0n) is 9.95. The zero-order valence-corrected chi connectivity index (χ0v) is 9.95. The van der Waals surface area contributed by atoms with E-state index < -0.39 is 0 Å². The molecule has 0 atom stereocenters. The zero-order chi connectivity index (χ0) is 12.5. The van der Waals surface area contributed by atoms with E-state index in [1.165, 1.54) is 12.8 Å². The molecule has 1 aliphatic rings. The Labute approximate surface area is 104 Å². The SMILES string of the molecule is O=C(NC1CCCC1)c1cccc2[nH]c(=O)[nH]c12. The summed E-state index contributed by atoms with van der Waals surface area (Å²) in [5.41, 5.74) is 1.49. The number of amides is 1. The summed E-state index contributed by atoms with van der Waals surface area (Å²) in [6.45, 7) is 0. The second-order valence-corrected chi connectivity index (χ2v) is 4.76. The first-order chi connectivity index (χ1) is 8.74. The van der Waals surface area contributed by atoms with Crippen molar-refractivity contribution in [1.82, 2.24) is 15.3 Å². The molecule has 1 fully saturated rings. The molecule has 2 aromatic rings. The molecule has 1 heterocycles. The van der Waals surface area contributed by atoms with Gasteiger partial charge in [0, 0.05) is 6.04 Å². The molecule has 0 bridgehead atoms. The van der Waals surface area contributed by atoms with Crippen LogP contribution in [0.2, 0.25) is 0 Å². The highest BCUT2D eigenvalue weighted by molar-refractivity contribution is 6.04. The van der Waals surface area contributed by atoms with Gasteiger partial charge in [-0.1, -0.05) is 18.9 Å². The number of H-pyrrole nitrogens is 2. The highest BCUT2D eigenvalue weighted by Crippen LogP contribution is 2.19. The third-order valence-electron chi connectivity index (χ3n) is 3.49. The maximum atomic E-state index is 12.2. The van der Waals surface area contributed by atoms with Crippen molar-refractivity contribution in [2.75, 3.05) is 0 Å². The summed E-state index contributed by atoms with van der Waals surface area (Å²) in [5, 5.41) is 3.02. The molecular weight excluding hydrogens is 230 g/mol. The average Bonchev–Trinajstić information content (AvgIpc) is 2.95. The molecule has 1 amide bonds. The third kappa shape index (κ3) is 1.92. The molecule has 0 unspecified atom stereocenters. The fourth-order valence-electron chi connectivity index (χ4n) is 2.58. The average molecular weight is 245 g/mol. The number of hydrogen-bond acceptors (Lipinski definition) is 2. The summed E-state index contributed by atoms with van der Waals surface area (Å²) in [5.74, 6) is -0.109. The Balaban J connectivity index is 1.92. The molecule has 18 heavy (non-hydrogen) atoms. The Morgan fingerprint density at radius 2 is 2.00 bits per heavy atom. The Hall–Kier alpha value is -2.04. The Bertz CT molecular complexity index is 635. The van der Waals surface area contributed by atoms with Gasteiger partial charge in [0.25, 0.3) is 5.91 Å². The monoisotopic (exact) mass is 245 g/mol. The van der Waals surface area contributed by atoms with E-state index in [2.05, 4.69) is 15.3 Å². The molecule has 0 radical (unpaired) electrons. The summed E-state index contributed by atoms with van der Waals surface area (Å²) in [7, 11) is 0. The number of para-hydroxylation sites is 1. The summed E-state index contributed by atoms with van der Waals surface area (Å²) < 4.78 is 0. The van der Waals surface area contributed by atoms with Crippen molar-refractivity contribution in [2.24, 2.45) is 0 Å². The van der Waals surface area contributed by atoms with E-state index in [-0.39, 0.29) is 17.6 Å². The predicted molar refractivity (Wildman–Crippen MR) is 68.6 cm³/mol. The summed E-state index contributed by atoms with van der Waals surface area (Å²) in [6, 6.07) is 5.56. The molecule has 3 rings (SSSR count). The number of hydrogen-bond donors (Lipinski definition) is 3. The molecule has 5 nitrogen and oxygen atoms in total. The van der Waals surface area contributed by atoms with Crippen LogP contribution in [0.1, 0.15) is 36.0 Å². The van der Waals surface area contributed by atoms with Crippen LogP contribution in [0, 0.1) is 0 Å². The Kier molecular flexibility index (Phi) is 2.66. The van der Waals surface area contributed by atoms with Gasteiger partial charge >= 0.3 is 5.69 Å². The van der Waals surface area contributed by atoms with Crippen LogP contribution in [0.25, 0.3) is 11.0 Å². The van der Waals surface area contributed by atoms with Crippen LogP contribution in [0.5, 0.6) is 0 Å². The lowest BCUT2D eigenvalue weighted by molar-refractivity contribution is 0.0939. The molecule has 1 saturated carbocycles. The molecule has 0 spiro atoms. The van der Waals surface area contributed by atoms with Crippen molar-refractivity contribution in [3.05, 3.63) is 34.2 Å². The number of imidazole rings is 1. The Morgan fingerprint density at radius 1 is 1.22 bits per heavy atom. The molecule has 0 saturated heterocycles. The van der Waals surface area contributed by atoms with Gasteiger partial charge in [0.05, 0.1) is 16.6 Å². The Morgan fingerprint density at radius 3 is 2.78 bits per heavy atom. The van der Waals surface area contributed by atoms with Gasteiger partial charge in [0.1, 0.15) is 0 Å². The fourth-order valence-corrected chi connectivity index (χ4v) is 2.58. The maximum absolute atomic E-state index is 12.2. The van der Waals surface area contributed by atoms with E-state index in [9.17, 15) is 9.59 Å². The number of aromatic nitrogens is 2. The van der Waals surface area contributed by atoms with Crippen LogP contribution in [0.3, 0.4) is 0 Å². The number of fused-ring (bicyclic) bond motifs is 1. The van der Waals surface area contributed by atoms with Crippen molar-refractivity contribution >= 4 is 16.9 Å². The van der Waals surface area contributed by atoms with Crippen LogP contribution in [-0.2, 0) is 0 Å². The van der Waals surface area contributed by atoms with E-state index in [0.717, 1.165) is 12.8 Å². The highest BCUT2D eigenvalue weighted by Gasteiger charge is 2.19. The molecule has 3 N–H and O–H groups in total. The minimum Gasteiger partial charge on any atom is -0.349 e. The van der Waals surface area contributed by atoms with Gasteiger partial charge in [-0.2, -0.15) is 0 Å². The lowest BCUT2D eigenvalue weighted by atomic mass is 10.1. The highest BCUT2D eigenvalue weighted by atomic mass is 16.2. The predicted octanol–water partition coefficient (Wildman–Crippen LogP) is 1.53. The number of rotatable bonds is 2. The molecule has 1 aliphatic carbocycles. The van der Waals surface area contributed by atoms with Gasteiger partial charge in [-0.25, -0.2) is 4.79 Å². The van der Waals surface area contributed by atoms with Gasteiger partial charge in [0.15, 0.2) is 0 Å². The maximum Gasteiger partial charge on any atom is 0.323 e. The topological polar surface area (TPSA) is 77.8 Å². The van der Waals surface area contributed by atoms with Gasteiger partial charge in [-0.05, 0) is 25.0 Å². The number of carbonyl (C=O) groups excluding carboxylic acids is 1. The quantitative estimate of drug-likeness (QED) is 0.750. The van der Waals surface area contributed by atoms with Gasteiger partial charge in [-0.15, -0.1) is 0 Å². The molecule has 5 heteroatoms. The van der Waals surface area contributed by atoms with Crippen LogP contribution in [0.4, 0.5) is 0 Å². The number of aromatic amines is 2. The first kappa shape index (κ1) is 11.1. The second-order valence-electron chi connectivity index (χ2n) is 4.76. The minimum absolute atomic E-state index is 0.109. The number of nitrogens with one attached hydrogen (secondary N) is 3. The van der Waals surface area contributed by atoms with Crippen molar-refractivity contribution in [3.63, 3.8) is 0 Å². The largest absolute Gasteiger partial charge is 0.349 e. The van der Waals surface area contributed by atoms with E-state index in [4.69, 9.17) is 0 Å². The van der Waals surface area contributed by atoms with Crippen LogP contribution in [-0.4, -0.2) is 21.9 Å². The normalized spacial score (nSPS) is 16.2. The van der Waals surface area contributed by atoms with Gasteiger partial charge in [0.2, 0.25) is 0 Å². The second kappa shape index (κ2) is 4.33. The minimum atomic E-state index is -0.286. The van der Waals surface area contributed by atoms with Crippen LogP contribution >= 0.6 is 0 Å². The van der Waals surface area contributed by atoms with Crippen molar-refractivity contribution < 1.29 is 4.79 Å². The van der Waals surface area contributed by atoms with Crippen molar-refractivity contribution in [1.29, 1.82) is 0 Å². The van der Waals surface area contributed by atoms with Crippen LogP contribution < -0.4 is 11.0 Å². The molecule has 0 aliphatic heterocycles. The lowest BCUT2D eigenvalue weighted by Gasteiger charge is -2.12. The molecule has 1 aromatic heterocycles. The van der Waals surface area contributed by atoms with Crippen molar-refractivity contribution in [3.8, 4) is 0 Å². The summed E-state index contributed by atoms with van der Waals surface area (Å²) in [6.07, 6.45) is 4.45. The first-order valence-electron chi connectivity index (χ1n) is 6.26. The number of carbonyl (C=O) groups is 1. The van der Waals surface area contributed by atoms with E-state index in [1.54, 1.807) is 18.2 Å². The standard InChI is InChI=1S/C13H15N3O2/c17-12(14-8-4-1-2-5-8)9-6-3-7-10-11(9)16-13(18)15-10/h3,6-8H,1-2,4-5H2,(H,14,17)(H2,15,16,18). The third-order valence-corrected chi connectivity index (χ3v) is 3.49. The summed E-state index contributed by atoms with van der Waals surface area (Å²) >= 11 is 0. The molecule has 94 valence electrons. The fraction of sp³-hybridized carbons (Fsp3) is 0.385. The van der Waals surface area contributed by atoms with E-state index in [1.807, 2.05) is 0 Å². The smallest absolute Gasteiger partial charge is 0.323 e. The number of benzene rings is 1. The summed E-state index contributed by atoms with van der Waals surface area (Å²) in [4.78, 5) is 28.8. The van der Waals surface area contributed by atoms with E-state index in [0.29, 0.717) is 16.6 Å². The molecule has 1 aromatic carbocycles. The van der Waals surface area contributed by atoms with E-state index >= 15 is 0 Å². The molecular formula is C13H15N3O2.